The second kappa shape index (κ2) is 7.74. The summed E-state index contributed by atoms with van der Waals surface area (Å²) in [6.07, 6.45) is -2.12. The summed E-state index contributed by atoms with van der Waals surface area (Å²) in [6, 6.07) is 1.21. The molecule has 1 saturated heterocycles. The van der Waals surface area contributed by atoms with E-state index in [1.165, 1.54) is 6.92 Å². The van der Waals surface area contributed by atoms with Crippen molar-refractivity contribution in [3.05, 3.63) is 28.8 Å². The lowest BCUT2D eigenvalue weighted by Gasteiger charge is -2.35. The highest BCUT2D eigenvalue weighted by Gasteiger charge is 2.35. The summed E-state index contributed by atoms with van der Waals surface area (Å²) in [4.78, 5) is 13.5. The molecule has 26 heavy (non-hydrogen) atoms. The zero-order valence-corrected chi connectivity index (χ0v) is 15.9. The van der Waals surface area contributed by atoms with Gasteiger partial charge in [-0.2, -0.15) is 17.9 Å². The van der Waals surface area contributed by atoms with Crippen molar-refractivity contribution >= 4 is 27.5 Å². The molecule has 0 saturated carbocycles. The van der Waals surface area contributed by atoms with E-state index in [0.717, 1.165) is 31.4 Å². The van der Waals surface area contributed by atoms with Gasteiger partial charge in [-0.25, -0.2) is 8.42 Å². The third kappa shape index (κ3) is 4.69. The average Bonchev–Trinajstić information content (AvgIpc) is 2.53. The molecule has 2 unspecified atom stereocenters. The zero-order valence-electron chi connectivity index (χ0n) is 14.3. The molecule has 0 aromatic heterocycles. The molecule has 146 valence electrons. The fourth-order valence-electron chi connectivity index (χ4n) is 2.91. The van der Waals surface area contributed by atoms with Crippen LogP contribution in [0.1, 0.15) is 38.7 Å². The third-order valence-corrected chi connectivity index (χ3v) is 6.21. The number of nitrogens with one attached hydrogen (secondary N) is 1. The van der Waals surface area contributed by atoms with Crippen LogP contribution in [0.5, 0.6) is 0 Å². The van der Waals surface area contributed by atoms with Gasteiger partial charge in [0.05, 0.1) is 21.5 Å². The average molecular weight is 413 g/mol. The highest BCUT2D eigenvalue weighted by Crippen LogP contribution is 2.35. The Morgan fingerprint density at radius 2 is 2.00 bits per heavy atom. The van der Waals surface area contributed by atoms with Gasteiger partial charge in [-0.1, -0.05) is 11.6 Å². The minimum Gasteiger partial charge on any atom is -0.339 e. The summed E-state index contributed by atoms with van der Waals surface area (Å²) in [7, 11) is -4.32. The van der Waals surface area contributed by atoms with Crippen LogP contribution in [0.25, 0.3) is 0 Å². The number of amides is 1. The van der Waals surface area contributed by atoms with Crippen molar-refractivity contribution in [1.29, 1.82) is 0 Å². The first-order valence-electron chi connectivity index (χ1n) is 8.13. The molecular weight excluding hydrogens is 393 g/mol. The number of carbonyl (C=O) groups excluding carboxylic acids is 1. The Kier molecular flexibility index (Phi) is 6.24. The maximum atomic E-state index is 12.9. The van der Waals surface area contributed by atoms with Gasteiger partial charge < -0.3 is 4.90 Å². The van der Waals surface area contributed by atoms with Crippen LogP contribution >= 0.6 is 11.6 Å². The number of hydrogen-bond acceptors (Lipinski definition) is 3. The maximum Gasteiger partial charge on any atom is 0.417 e. The van der Waals surface area contributed by atoms with Gasteiger partial charge >= 0.3 is 6.18 Å². The topological polar surface area (TPSA) is 66.5 Å². The molecule has 1 amide bonds. The Morgan fingerprint density at radius 1 is 1.35 bits per heavy atom. The first-order valence-corrected chi connectivity index (χ1v) is 9.99. The van der Waals surface area contributed by atoms with Crippen LogP contribution in [0, 0.1) is 0 Å². The van der Waals surface area contributed by atoms with E-state index < -0.39 is 43.6 Å². The highest BCUT2D eigenvalue weighted by atomic mass is 35.5. The van der Waals surface area contributed by atoms with Crippen molar-refractivity contribution in [2.24, 2.45) is 0 Å². The van der Waals surface area contributed by atoms with Crippen LogP contribution in [0.3, 0.4) is 0 Å². The van der Waals surface area contributed by atoms with Crippen LogP contribution < -0.4 is 4.72 Å². The lowest BCUT2D eigenvalue weighted by molar-refractivity contribution is -0.138. The van der Waals surface area contributed by atoms with Crippen LogP contribution in [0.2, 0.25) is 5.02 Å². The highest BCUT2D eigenvalue weighted by molar-refractivity contribution is 7.89. The molecule has 0 spiro atoms. The van der Waals surface area contributed by atoms with Crippen LogP contribution in [0.4, 0.5) is 13.2 Å². The summed E-state index contributed by atoms with van der Waals surface area (Å²) in [6.45, 7) is 3.79. The summed E-state index contributed by atoms with van der Waals surface area (Å²) >= 11 is 5.51. The molecule has 0 radical (unpaired) electrons. The Bertz CT molecular complexity index is 783. The minimum atomic E-state index is -4.78. The molecule has 1 N–H and O–H groups in total. The Hall–Kier alpha value is -1.32. The van der Waals surface area contributed by atoms with Gasteiger partial charge in [0.15, 0.2) is 0 Å². The van der Waals surface area contributed by atoms with E-state index in [9.17, 15) is 26.4 Å². The van der Waals surface area contributed by atoms with E-state index in [0.29, 0.717) is 12.6 Å². The molecule has 2 atom stereocenters. The smallest absolute Gasteiger partial charge is 0.339 e. The maximum absolute atomic E-state index is 12.9. The van der Waals surface area contributed by atoms with Crippen LogP contribution in [0.15, 0.2) is 23.1 Å². The number of alkyl halides is 3. The molecule has 1 heterocycles. The first-order chi connectivity index (χ1) is 11.9. The largest absolute Gasteiger partial charge is 0.417 e. The first kappa shape index (κ1) is 21.0. The van der Waals surface area contributed by atoms with E-state index in [1.807, 2.05) is 6.92 Å². The SMILES string of the molecule is CC(NS(=O)(=O)c1ccc(Cl)c(C(F)(F)F)c1)C(=O)N1CCCCC1C. The number of halogens is 4. The zero-order chi connectivity index (χ0) is 19.7. The van der Waals surface area contributed by atoms with Crippen LogP contribution in [-0.2, 0) is 21.0 Å². The normalized spacial score (nSPS) is 20.1. The summed E-state index contributed by atoms with van der Waals surface area (Å²) in [5, 5.41) is -0.595. The Morgan fingerprint density at radius 3 is 2.58 bits per heavy atom. The predicted molar refractivity (Wildman–Crippen MR) is 91.3 cm³/mol. The van der Waals surface area contributed by atoms with E-state index in [4.69, 9.17) is 11.6 Å². The van der Waals surface area contributed by atoms with Gasteiger partial charge in [0, 0.05) is 12.6 Å². The standard InChI is InChI=1S/C16H20ClF3N2O3S/c1-10-5-3-4-8-22(10)15(23)11(2)21-26(24,25)12-6-7-14(17)13(9-12)16(18,19)20/h6-7,9-11,21H,3-5,8H2,1-2H3. The number of nitrogens with zero attached hydrogens (tertiary/aromatic N) is 1. The minimum absolute atomic E-state index is 0.00410. The number of likely N-dealkylation sites (tertiary alicyclic amines) is 1. The van der Waals surface area contributed by atoms with Crippen molar-refractivity contribution in [3.8, 4) is 0 Å². The number of hydrogen-bond donors (Lipinski definition) is 1. The van der Waals surface area contributed by atoms with Gasteiger partial charge in [-0.15, -0.1) is 0 Å². The van der Waals surface area contributed by atoms with Gasteiger partial charge in [-0.05, 0) is 51.3 Å². The molecule has 1 aromatic rings. The number of sulfonamides is 1. The molecular formula is C16H20ClF3N2O3S. The fourth-order valence-corrected chi connectivity index (χ4v) is 4.36. The Labute approximate surface area is 155 Å². The van der Waals surface area contributed by atoms with Gasteiger partial charge in [0.25, 0.3) is 0 Å². The molecule has 1 aromatic carbocycles. The van der Waals surface area contributed by atoms with Gasteiger partial charge in [-0.3, -0.25) is 4.79 Å². The fraction of sp³-hybridized carbons (Fsp3) is 0.562. The third-order valence-electron chi connectivity index (χ3n) is 4.34. The number of piperidine rings is 1. The van der Waals surface area contributed by atoms with Crippen molar-refractivity contribution in [2.45, 2.75) is 56.3 Å². The predicted octanol–water partition coefficient (Wildman–Crippen LogP) is 3.43. The molecule has 1 aliphatic heterocycles. The second-order valence-corrected chi connectivity index (χ2v) is 8.48. The Balaban J connectivity index is 2.21. The number of rotatable bonds is 4. The molecule has 5 nitrogen and oxygen atoms in total. The van der Waals surface area contributed by atoms with Crippen molar-refractivity contribution in [3.63, 3.8) is 0 Å². The number of benzene rings is 1. The second-order valence-electron chi connectivity index (χ2n) is 6.36. The van der Waals surface area contributed by atoms with E-state index in [-0.39, 0.29) is 6.04 Å². The van der Waals surface area contributed by atoms with Crippen molar-refractivity contribution < 1.29 is 26.4 Å². The molecule has 1 aliphatic rings. The molecule has 10 heteroatoms. The van der Waals surface area contributed by atoms with E-state index in [2.05, 4.69) is 4.72 Å². The molecule has 2 rings (SSSR count). The lowest BCUT2D eigenvalue weighted by atomic mass is 10.0. The van der Waals surface area contributed by atoms with Crippen LogP contribution in [-0.4, -0.2) is 37.9 Å². The summed E-state index contributed by atoms with van der Waals surface area (Å²) < 4.78 is 65.8. The molecule has 0 aliphatic carbocycles. The van der Waals surface area contributed by atoms with Gasteiger partial charge in [0.2, 0.25) is 15.9 Å². The van der Waals surface area contributed by atoms with Crippen molar-refractivity contribution in [2.75, 3.05) is 6.54 Å². The van der Waals surface area contributed by atoms with Gasteiger partial charge in [0.1, 0.15) is 0 Å². The monoisotopic (exact) mass is 412 g/mol. The molecule has 0 bridgehead atoms. The van der Waals surface area contributed by atoms with E-state index >= 15 is 0 Å². The summed E-state index contributed by atoms with van der Waals surface area (Å²) in [5.74, 6) is -0.397. The lowest BCUT2D eigenvalue weighted by Crippen LogP contribution is -2.51. The van der Waals surface area contributed by atoms with Crippen molar-refractivity contribution in [1.82, 2.24) is 9.62 Å². The quantitative estimate of drug-likeness (QED) is 0.823. The van der Waals surface area contributed by atoms with E-state index in [1.54, 1.807) is 4.90 Å². The summed E-state index contributed by atoms with van der Waals surface area (Å²) in [5.41, 5.74) is -1.24. The number of carbonyl (C=O) groups is 1. The molecule has 1 fully saturated rings.